The molecule has 1 aliphatic carbocycles. The molecule has 1 nitrogen and oxygen atoms in total. The monoisotopic (exact) mass is 140 g/mol. The summed E-state index contributed by atoms with van der Waals surface area (Å²) in [4.78, 5) is 0. The van der Waals surface area contributed by atoms with Crippen LogP contribution < -0.4 is 0 Å². The quantitative estimate of drug-likeness (QED) is 0.510. The normalized spacial score (nSPS) is 41.2. The van der Waals surface area contributed by atoms with E-state index in [4.69, 9.17) is 0 Å². The summed E-state index contributed by atoms with van der Waals surface area (Å²) in [5.41, 5.74) is 1.14. The molecule has 1 N–H and O–H groups in total. The minimum absolute atomic E-state index is 0.191. The van der Waals surface area contributed by atoms with E-state index in [-0.39, 0.29) is 6.10 Å². The Morgan fingerprint density at radius 3 is 2.60 bits per heavy atom. The predicted octanol–water partition coefficient (Wildman–Crippen LogP) is 1.97. The molecule has 0 saturated heterocycles. The van der Waals surface area contributed by atoms with Crippen molar-refractivity contribution in [2.45, 2.75) is 33.3 Å². The molecule has 58 valence electrons. The summed E-state index contributed by atoms with van der Waals surface area (Å²) in [5, 5.41) is 9.55. The highest BCUT2D eigenvalue weighted by Crippen LogP contribution is 2.28. The summed E-state index contributed by atoms with van der Waals surface area (Å²) in [6.45, 7) is 6.32. The zero-order valence-electron chi connectivity index (χ0n) is 6.96. The Kier molecular flexibility index (Phi) is 2.14. The van der Waals surface area contributed by atoms with E-state index in [1.165, 1.54) is 0 Å². The van der Waals surface area contributed by atoms with Crippen molar-refractivity contribution < 1.29 is 5.11 Å². The van der Waals surface area contributed by atoms with Crippen molar-refractivity contribution in [2.75, 3.05) is 0 Å². The summed E-state index contributed by atoms with van der Waals surface area (Å²) in [7, 11) is 0. The molecule has 0 spiro atoms. The van der Waals surface area contributed by atoms with Crippen LogP contribution >= 0.6 is 0 Å². The third-order valence-electron chi connectivity index (χ3n) is 2.67. The molecule has 0 fully saturated rings. The summed E-state index contributed by atoms with van der Waals surface area (Å²) in [5.74, 6) is 1.07. The van der Waals surface area contributed by atoms with Crippen LogP contribution in [-0.2, 0) is 0 Å². The van der Waals surface area contributed by atoms with Crippen LogP contribution in [0.25, 0.3) is 0 Å². The maximum atomic E-state index is 9.55. The highest BCUT2D eigenvalue weighted by molar-refractivity contribution is 5.10. The minimum Gasteiger partial charge on any atom is -0.388 e. The summed E-state index contributed by atoms with van der Waals surface area (Å²) in [6, 6.07) is 0. The van der Waals surface area contributed by atoms with Crippen LogP contribution in [0.3, 0.4) is 0 Å². The van der Waals surface area contributed by atoms with Gasteiger partial charge in [-0.2, -0.15) is 0 Å². The molecule has 0 amide bonds. The first-order valence-corrected chi connectivity index (χ1v) is 3.97. The Morgan fingerprint density at radius 2 is 2.10 bits per heavy atom. The van der Waals surface area contributed by atoms with Crippen LogP contribution in [0.15, 0.2) is 11.6 Å². The summed E-state index contributed by atoms with van der Waals surface area (Å²) < 4.78 is 0. The molecule has 0 bridgehead atoms. The number of rotatable bonds is 0. The molecule has 0 aromatic carbocycles. The van der Waals surface area contributed by atoms with Crippen molar-refractivity contribution in [3.8, 4) is 0 Å². The van der Waals surface area contributed by atoms with Crippen molar-refractivity contribution in [3.05, 3.63) is 11.6 Å². The van der Waals surface area contributed by atoms with Crippen molar-refractivity contribution in [1.29, 1.82) is 0 Å². The van der Waals surface area contributed by atoms with Gasteiger partial charge in [0.2, 0.25) is 0 Å². The number of hydrogen-bond acceptors (Lipinski definition) is 1. The third kappa shape index (κ3) is 1.24. The minimum atomic E-state index is -0.191. The second-order valence-electron chi connectivity index (χ2n) is 3.47. The van der Waals surface area contributed by atoms with Crippen LogP contribution in [0.4, 0.5) is 0 Å². The Labute approximate surface area is 62.8 Å². The predicted molar refractivity (Wildman–Crippen MR) is 42.7 cm³/mol. The maximum absolute atomic E-state index is 9.55. The van der Waals surface area contributed by atoms with Gasteiger partial charge in [-0.15, -0.1) is 0 Å². The molecular weight excluding hydrogens is 124 g/mol. The molecule has 10 heavy (non-hydrogen) atoms. The van der Waals surface area contributed by atoms with E-state index >= 15 is 0 Å². The molecule has 3 atom stereocenters. The lowest BCUT2D eigenvalue weighted by atomic mass is 9.80. The zero-order chi connectivity index (χ0) is 7.72. The van der Waals surface area contributed by atoms with Gasteiger partial charge in [0.1, 0.15) is 0 Å². The molecule has 0 heterocycles. The number of aliphatic hydroxyl groups is 1. The molecule has 1 rings (SSSR count). The number of allylic oxidation sites excluding steroid dienone is 1. The van der Waals surface area contributed by atoms with Gasteiger partial charge >= 0.3 is 0 Å². The average molecular weight is 140 g/mol. The fourth-order valence-corrected chi connectivity index (χ4v) is 1.43. The molecule has 1 aliphatic rings. The van der Waals surface area contributed by atoms with E-state index in [1.54, 1.807) is 0 Å². The van der Waals surface area contributed by atoms with Gasteiger partial charge in [-0.05, 0) is 30.8 Å². The average Bonchev–Trinajstić information content (AvgIpc) is 1.93. The summed E-state index contributed by atoms with van der Waals surface area (Å²) in [6.07, 6.45) is 3.09. The zero-order valence-corrected chi connectivity index (χ0v) is 6.96. The van der Waals surface area contributed by atoms with E-state index in [9.17, 15) is 5.11 Å². The van der Waals surface area contributed by atoms with Crippen LogP contribution in [0, 0.1) is 11.8 Å². The first kappa shape index (κ1) is 7.80. The lowest BCUT2D eigenvalue weighted by Gasteiger charge is -2.29. The van der Waals surface area contributed by atoms with Gasteiger partial charge < -0.3 is 5.11 Å². The number of hydrogen-bond donors (Lipinski definition) is 1. The van der Waals surface area contributed by atoms with Gasteiger partial charge in [0, 0.05) is 0 Å². The Bertz CT molecular complexity index is 149. The highest BCUT2D eigenvalue weighted by Gasteiger charge is 2.24. The molecule has 0 aliphatic heterocycles. The fourth-order valence-electron chi connectivity index (χ4n) is 1.43. The largest absolute Gasteiger partial charge is 0.388 e. The summed E-state index contributed by atoms with van der Waals surface area (Å²) >= 11 is 0. The Balaban J connectivity index is 2.71. The van der Waals surface area contributed by atoms with Gasteiger partial charge in [-0.1, -0.05) is 19.9 Å². The van der Waals surface area contributed by atoms with Gasteiger partial charge in [0.05, 0.1) is 6.10 Å². The van der Waals surface area contributed by atoms with Crippen LogP contribution in [-0.4, -0.2) is 11.2 Å². The van der Waals surface area contributed by atoms with Crippen molar-refractivity contribution in [3.63, 3.8) is 0 Å². The van der Waals surface area contributed by atoms with E-state index in [2.05, 4.69) is 19.9 Å². The fraction of sp³-hybridized carbons (Fsp3) is 0.778. The topological polar surface area (TPSA) is 20.2 Å². The molecule has 0 unspecified atom stereocenters. The smallest absolute Gasteiger partial charge is 0.0775 e. The van der Waals surface area contributed by atoms with Gasteiger partial charge in [-0.3, -0.25) is 0 Å². The molecule has 0 radical (unpaired) electrons. The van der Waals surface area contributed by atoms with Gasteiger partial charge in [0.25, 0.3) is 0 Å². The molecule has 0 saturated carbocycles. The first-order chi connectivity index (χ1) is 4.63. The second-order valence-corrected chi connectivity index (χ2v) is 3.47. The maximum Gasteiger partial charge on any atom is 0.0775 e. The molecule has 0 aromatic rings. The van der Waals surface area contributed by atoms with E-state index in [0.717, 1.165) is 12.0 Å². The highest BCUT2D eigenvalue weighted by atomic mass is 16.3. The number of aliphatic hydroxyl groups excluding tert-OH is 1. The SMILES string of the molecule is CC1=CC[C@@H](C)[C@H](C)[C@@H]1O. The molecule has 0 aromatic heterocycles. The lowest BCUT2D eigenvalue weighted by Crippen LogP contribution is -2.28. The lowest BCUT2D eigenvalue weighted by molar-refractivity contribution is 0.109. The Morgan fingerprint density at radius 1 is 1.50 bits per heavy atom. The van der Waals surface area contributed by atoms with Crippen LogP contribution in [0.2, 0.25) is 0 Å². The second kappa shape index (κ2) is 2.75. The van der Waals surface area contributed by atoms with E-state index in [1.807, 2.05) is 6.92 Å². The van der Waals surface area contributed by atoms with Crippen molar-refractivity contribution in [2.24, 2.45) is 11.8 Å². The van der Waals surface area contributed by atoms with E-state index in [0.29, 0.717) is 11.8 Å². The first-order valence-electron chi connectivity index (χ1n) is 3.97. The Hall–Kier alpha value is -0.300. The van der Waals surface area contributed by atoms with Crippen molar-refractivity contribution in [1.82, 2.24) is 0 Å². The van der Waals surface area contributed by atoms with Crippen LogP contribution in [0.1, 0.15) is 27.2 Å². The molecule has 1 heteroatoms. The van der Waals surface area contributed by atoms with Gasteiger partial charge in [0.15, 0.2) is 0 Å². The third-order valence-corrected chi connectivity index (χ3v) is 2.67. The molecular formula is C9H16O. The van der Waals surface area contributed by atoms with E-state index < -0.39 is 0 Å². The van der Waals surface area contributed by atoms with Crippen LogP contribution in [0.5, 0.6) is 0 Å². The standard InChI is InChI=1S/C9H16O/c1-6-4-5-7(2)9(10)8(6)3/h5-6,8-10H,4H2,1-3H3/t6-,8+,9-/m1/s1. The van der Waals surface area contributed by atoms with Crippen molar-refractivity contribution >= 4 is 0 Å². The van der Waals surface area contributed by atoms with Gasteiger partial charge in [-0.25, -0.2) is 0 Å².